The Hall–Kier alpha value is -3.85. The van der Waals surface area contributed by atoms with E-state index in [-0.39, 0.29) is 5.41 Å². The van der Waals surface area contributed by atoms with Gasteiger partial charge in [-0.1, -0.05) is 71.0 Å². The van der Waals surface area contributed by atoms with Gasteiger partial charge in [0.2, 0.25) is 0 Å². The van der Waals surface area contributed by atoms with Crippen molar-refractivity contribution in [3.63, 3.8) is 0 Å². The number of aromatic nitrogens is 1. The summed E-state index contributed by atoms with van der Waals surface area (Å²) in [5.74, 6) is 2.35. The first kappa shape index (κ1) is 23.5. The van der Waals surface area contributed by atoms with Gasteiger partial charge in [-0.25, -0.2) is 0 Å². The maximum Gasteiger partial charge on any atom is 0.145 e. The predicted octanol–water partition coefficient (Wildman–Crippen LogP) is 9.87. The molecule has 186 valence electrons. The Morgan fingerprint density at radius 1 is 0.838 bits per heavy atom. The molecule has 6 aromatic rings. The van der Waals surface area contributed by atoms with Crippen LogP contribution in [0.3, 0.4) is 0 Å². The first-order valence-corrected chi connectivity index (χ1v) is 13.1. The summed E-state index contributed by atoms with van der Waals surface area (Å²) in [5, 5.41) is 4.69. The van der Waals surface area contributed by atoms with Crippen molar-refractivity contribution in [2.45, 2.75) is 53.4 Å². The number of aryl methyl sites for hydroxylation is 1. The lowest BCUT2D eigenvalue weighted by molar-refractivity contribution is 0.558. The van der Waals surface area contributed by atoms with E-state index in [1.807, 2.05) is 12.3 Å². The molecule has 0 spiro atoms. The summed E-state index contributed by atoms with van der Waals surface area (Å²) in [6.45, 7) is 13.3. The number of hydrogen-bond acceptors (Lipinski definition) is 3. The van der Waals surface area contributed by atoms with Crippen LogP contribution in [0, 0.1) is 12.8 Å². The third-order valence-electron chi connectivity index (χ3n) is 7.29. The molecule has 37 heavy (non-hydrogen) atoms. The quantitative estimate of drug-likeness (QED) is 0.248. The molecule has 3 aromatic heterocycles. The number of nitrogens with zero attached hydrogens (tertiary/aromatic N) is 1. The van der Waals surface area contributed by atoms with Crippen molar-refractivity contribution in [3.8, 4) is 22.6 Å². The van der Waals surface area contributed by atoms with Gasteiger partial charge in [0.15, 0.2) is 0 Å². The summed E-state index contributed by atoms with van der Waals surface area (Å²) < 4.78 is 12.8. The van der Waals surface area contributed by atoms with Crippen LogP contribution >= 0.6 is 0 Å². The highest BCUT2D eigenvalue weighted by atomic mass is 16.3. The molecule has 0 bridgehead atoms. The fourth-order valence-electron chi connectivity index (χ4n) is 5.54. The molecule has 0 aliphatic carbocycles. The number of para-hydroxylation sites is 1. The molecule has 3 heteroatoms. The smallest absolute Gasteiger partial charge is 0.145 e. The van der Waals surface area contributed by atoms with Gasteiger partial charge in [-0.2, -0.15) is 0 Å². The standard InChI is InChI=1S/C34H33NO2/c1-20(2)16-27-21(3)36-33-25(27)12-9-13-26(33)31-19-28-30(37-31)14-15-35-32(28)23-17-22-10-7-8-11-24(22)29(18-23)34(4,5)6/h7-15,17-20H,16H2,1-6H3. The summed E-state index contributed by atoms with van der Waals surface area (Å²) in [6.07, 6.45) is 2.84. The third kappa shape index (κ3) is 4.03. The van der Waals surface area contributed by atoms with Gasteiger partial charge in [-0.3, -0.25) is 4.98 Å². The van der Waals surface area contributed by atoms with E-state index >= 15 is 0 Å². The second kappa shape index (κ2) is 8.62. The average Bonchev–Trinajstić information content (AvgIpc) is 3.43. The molecule has 0 fully saturated rings. The summed E-state index contributed by atoms with van der Waals surface area (Å²) in [6, 6.07) is 23.6. The highest BCUT2D eigenvalue weighted by Gasteiger charge is 2.22. The largest absolute Gasteiger partial charge is 0.460 e. The number of benzene rings is 3. The zero-order chi connectivity index (χ0) is 25.9. The minimum absolute atomic E-state index is 0.00551. The minimum atomic E-state index is 0.00551. The van der Waals surface area contributed by atoms with Crippen LogP contribution in [0.25, 0.3) is 55.3 Å². The van der Waals surface area contributed by atoms with Crippen LogP contribution in [0.5, 0.6) is 0 Å². The van der Waals surface area contributed by atoms with Gasteiger partial charge in [0.25, 0.3) is 0 Å². The molecule has 6 rings (SSSR count). The van der Waals surface area contributed by atoms with Gasteiger partial charge in [0.1, 0.15) is 22.7 Å². The normalized spacial score (nSPS) is 12.4. The minimum Gasteiger partial charge on any atom is -0.460 e. The third-order valence-corrected chi connectivity index (χ3v) is 7.29. The van der Waals surface area contributed by atoms with Crippen LogP contribution in [0.4, 0.5) is 0 Å². The molecule has 0 amide bonds. The lowest BCUT2D eigenvalue weighted by Gasteiger charge is -2.22. The van der Waals surface area contributed by atoms with Crippen molar-refractivity contribution in [1.82, 2.24) is 4.98 Å². The molecule has 0 saturated carbocycles. The van der Waals surface area contributed by atoms with E-state index in [0.29, 0.717) is 5.92 Å². The monoisotopic (exact) mass is 487 g/mol. The fourth-order valence-corrected chi connectivity index (χ4v) is 5.54. The lowest BCUT2D eigenvalue weighted by atomic mass is 9.82. The van der Waals surface area contributed by atoms with E-state index in [9.17, 15) is 0 Å². The Kier molecular flexibility index (Phi) is 5.49. The zero-order valence-electron chi connectivity index (χ0n) is 22.5. The Bertz CT molecular complexity index is 1780. The van der Waals surface area contributed by atoms with Gasteiger partial charge in [-0.15, -0.1) is 0 Å². The van der Waals surface area contributed by atoms with Crippen LogP contribution in [-0.2, 0) is 11.8 Å². The lowest BCUT2D eigenvalue weighted by Crippen LogP contribution is -2.12. The maximum absolute atomic E-state index is 6.44. The molecule has 3 aromatic carbocycles. The maximum atomic E-state index is 6.44. The summed E-state index contributed by atoms with van der Waals surface area (Å²) in [4.78, 5) is 4.84. The topological polar surface area (TPSA) is 39.2 Å². The molecular weight excluding hydrogens is 454 g/mol. The van der Waals surface area contributed by atoms with E-state index in [1.54, 1.807) is 0 Å². The van der Waals surface area contributed by atoms with E-state index in [1.165, 1.54) is 27.3 Å². The Labute approximate surface area is 218 Å². The molecular formula is C34H33NO2. The summed E-state index contributed by atoms with van der Waals surface area (Å²) >= 11 is 0. The van der Waals surface area contributed by atoms with Crippen LogP contribution in [0.1, 0.15) is 51.5 Å². The van der Waals surface area contributed by atoms with E-state index in [0.717, 1.165) is 51.3 Å². The summed E-state index contributed by atoms with van der Waals surface area (Å²) in [7, 11) is 0. The second-order valence-corrected chi connectivity index (χ2v) is 11.6. The van der Waals surface area contributed by atoms with Gasteiger partial charge in [-0.05, 0) is 71.3 Å². The molecule has 0 aliphatic rings. The molecule has 0 N–H and O–H groups in total. The second-order valence-electron chi connectivity index (χ2n) is 11.6. The highest BCUT2D eigenvalue weighted by molar-refractivity contribution is 6.01. The average molecular weight is 488 g/mol. The van der Waals surface area contributed by atoms with Crippen LogP contribution in [0.15, 0.2) is 81.8 Å². The van der Waals surface area contributed by atoms with Crippen LogP contribution in [-0.4, -0.2) is 4.98 Å². The van der Waals surface area contributed by atoms with E-state index in [4.69, 9.17) is 13.8 Å². The van der Waals surface area contributed by atoms with Crippen molar-refractivity contribution in [2.24, 2.45) is 5.92 Å². The first-order chi connectivity index (χ1) is 17.7. The van der Waals surface area contributed by atoms with Gasteiger partial charge >= 0.3 is 0 Å². The van der Waals surface area contributed by atoms with E-state index < -0.39 is 0 Å². The molecule has 0 unspecified atom stereocenters. The molecule has 0 aliphatic heterocycles. The van der Waals surface area contributed by atoms with E-state index in [2.05, 4.69) is 102 Å². The van der Waals surface area contributed by atoms with Gasteiger partial charge in [0, 0.05) is 28.1 Å². The Morgan fingerprint density at radius 2 is 1.62 bits per heavy atom. The van der Waals surface area contributed by atoms with Gasteiger partial charge < -0.3 is 8.83 Å². The number of hydrogen-bond donors (Lipinski definition) is 0. The molecule has 0 radical (unpaired) electrons. The van der Waals surface area contributed by atoms with Crippen molar-refractivity contribution in [3.05, 3.63) is 89.8 Å². The number of furan rings is 2. The molecule has 3 heterocycles. The Balaban J connectivity index is 1.55. The van der Waals surface area contributed by atoms with Crippen LogP contribution < -0.4 is 0 Å². The predicted molar refractivity (Wildman–Crippen MR) is 154 cm³/mol. The fraction of sp³-hybridized carbons (Fsp3) is 0.265. The van der Waals surface area contributed by atoms with Crippen molar-refractivity contribution in [1.29, 1.82) is 0 Å². The van der Waals surface area contributed by atoms with Crippen LogP contribution in [0.2, 0.25) is 0 Å². The molecule has 0 saturated heterocycles. The first-order valence-electron chi connectivity index (χ1n) is 13.1. The van der Waals surface area contributed by atoms with Crippen molar-refractivity contribution < 1.29 is 8.83 Å². The molecule has 0 atom stereocenters. The highest BCUT2D eigenvalue weighted by Crippen LogP contribution is 2.40. The number of pyridine rings is 1. The zero-order valence-corrected chi connectivity index (χ0v) is 22.5. The van der Waals surface area contributed by atoms with Crippen molar-refractivity contribution in [2.75, 3.05) is 0 Å². The van der Waals surface area contributed by atoms with Gasteiger partial charge in [0.05, 0.1) is 11.3 Å². The summed E-state index contributed by atoms with van der Waals surface area (Å²) in [5.41, 5.74) is 7.35. The van der Waals surface area contributed by atoms with Crippen molar-refractivity contribution >= 4 is 32.7 Å². The number of rotatable bonds is 4. The SMILES string of the molecule is Cc1oc2c(-c3cc4c(-c5cc(C(C)(C)C)c6ccccc6c5)nccc4o3)cccc2c1CC(C)C. The molecule has 3 nitrogen and oxygen atoms in total. The number of fused-ring (bicyclic) bond motifs is 3. The Morgan fingerprint density at radius 3 is 2.41 bits per heavy atom.